The van der Waals surface area contributed by atoms with Crippen LogP contribution in [0.25, 0.3) is 0 Å². The van der Waals surface area contributed by atoms with Gasteiger partial charge in [0.15, 0.2) is 0 Å². The lowest BCUT2D eigenvalue weighted by atomic mass is 10.1. The Bertz CT molecular complexity index is 631. The number of para-hydroxylation sites is 1. The fourth-order valence-corrected chi connectivity index (χ4v) is 4.48. The number of rotatable bonds is 5. The molecule has 0 radical (unpaired) electrons. The molecule has 3 rings (SSSR count). The summed E-state index contributed by atoms with van der Waals surface area (Å²) in [6.45, 7) is 1.41. The van der Waals surface area contributed by atoms with Crippen LogP contribution in [0.3, 0.4) is 0 Å². The highest BCUT2D eigenvalue weighted by molar-refractivity contribution is 7.98. The molecule has 3 amide bonds. The van der Waals surface area contributed by atoms with Crippen molar-refractivity contribution in [2.45, 2.75) is 43.0 Å². The van der Waals surface area contributed by atoms with Gasteiger partial charge in [0, 0.05) is 43.4 Å². The van der Waals surface area contributed by atoms with Crippen molar-refractivity contribution in [3.05, 3.63) is 24.3 Å². The second-order valence-corrected chi connectivity index (χ2v) is 7.91. The first-order valence-corrected chi connectivity index (χ1v) is 10.3. The van der Waals surface area contributed by atoms with Gasteiger partial charge in [-0.2, -0.15) is 0 Å². The number of nitrogens with zero attached hydrogens (tertiary/aromatic N) is 2. The fourth-order valence-electron chi connectivity index (χ4n) is 3.93. The molecule has 1 heterocycles. The quantitative estimate of drug-likeness (QED) is 0.814. The average Bonchev–Trinajstić information content (AvgIpc) is 3.24. The lowest BCUT2D eigenvalue weighted by Crippen LogP contribution is -2.38. The first-order valence-electron chi connectivity index (χ1n) is 9.03. The highest BCUT2D eigenvalue weighted by Gasteiger charge is 2.36. The first-order chi connectivity index (χ1) is 12.1. The molecule has 1 saturated heterocycles. The minimum Gasteiger partial charge on any atom is -0.339 e. The summed E-state index contributed by atoms with van der Waals surface area (Å²) in [7, 11) is 1.81. The monoisotopic (exact) mass is 361 g/mol. The van der Waals surface area contributed by atoms with Gasteiger partial charge in [-0.15, -0.1) is 11.8 Å². The Labute approximate surface area is 154 Å². The molecule has 1 aliphatic heterocycles. The maximum absolute atomic E-state index is 12.5. The number of benzene rings is 1. The van der Waals surface area contributed by atoms with Gasteiger partial charge in [0.05, 0.1) is 5.69 Å². The topological polar surface area (TPSA) is 52.7 Å². The predicted octanol–water partition coefficient (Wildman–Crippen LogP) is 3.66. The van der Waals surface area contributed by atoms with Crippen molar-refractivity contribution < 1.29 is 9.59 Å². The van der Waals surface area contributed by atoms with E-state index in [0.717, 1.165) is 30.0 Å². The molecule has 25 heavy (non-hydrogen) atoms. The van der Waals surface area contributed by atoms with Crippen LogP contribution in [-0.4, -0.2) is 54.2 Å². The first kappa shape index (κ1) is 18.1. The van der Waals surface area contributed by atoms with Gasteiger partial charge in [0.2, 0.25) is 5.91 Å². The van der Waals surface area contributed by atoms with E-state index in [9.17, 15) is 9.59 Å². The predicted molar refractivity (Wildman–Crippen MR) is 102 cm³/mol. The summed E-state index contributed by atoms with van der Waals surface area (Å²) >= 11 is 1.61. The number of hydrogen-bond acceptors (Lipinski definition) is 3. The van der Waals surface area contributed by atoms with Crippen molar-refractivity contribution in [3.63, 3.8) is 0 Å². The van der Waals surface area contributed by atoms with Gasteiger partial charge in [-0.1, -0.05) is 25.0 Å². The minimum absolute atomic E-state index is 0.117. The van der Waals surface area contributed by atoms with Crippen LogP contribution >= 0.6 is 11.8 Å². The second-order valence-electron chi connectivity index (χ2n) is 7.07. The lowest BCUT2D eigenvalue weighted by Gasteiger charge is -2.25. The number of thioether (sulfide) groups is 1. The number of amides is 3. The number of hydrogen-bond donors (Lipinski definition) is 1. The van der Waals surface area contributed by atoms with Crippen molar-refractivity contribution in [2.24, 2.45) is 5.92 Å². The highest BCUT2D eigenvalue weighted by Crippen LogP contribution is 2.30. The maximum Gasteiger partial charge on any atom is 0.321 e. The van der Waals surface area contributed by atoms with E-state index in [4.69, 9.17) is 0 Å². The van der Waals surface area contributed by atoms with Crippen LogP contribution in [0, 0.1) is 5.92 Å². The van der Waals surface area contributed by atoms with Crippen LogP contribution in [0.4, 0.5) is 10.5 Å². The smallest absolute Gasteiger partial charge is 0.321 e. The molecule has 2 fully saturated rings. The van der Waals surface area contributed by atoms with Crippen LogP contribution in [-0.2, 0) is 4.79 Å². The molecule has 0 aromatic heterocycles. The van der Waals surface area contributed by atoms with Crippen LogP contribution in [0.5, 0.6) is 0 Å². The Kier molecular flexibility index (Phi) is 5.89. The molecule has 1 N–H and O–H groups in total. The molecular formula is C19H27N3O2S. The number of likely N-dealkylation sites (tertiary alicyclic amines) is 1. The summed E-state index contributed by atoms with van der Waals surface area (Å²) in [5, 5.41) is 2.98. The molecule has 5 nitrogen and oxygen atoms in total. The number of carbonyl (C=O) groups is 2. The Balaban J connectivity index is 1.54. The highest BCUT2D eigenvalue weighted by atomic mass is 32.2. The third kappa shape index (κ3) is 4.29. The Morgan fingerprint density at radius 3 is 2.76 bits per heavy atom. The Morgan fingerprint density at radius 1 is 1.32 bits per heavy atom. The number of anilines is 1. The van der Waals surface area contributed by atoms with Gasteiger partial charge < -0.3 is 15.1 Å². The molecule has 0 unspecified atom stereocenters. The molecule has 1 saturated carbocycles. The van der Waals surface area contributed by atoms with E-state index in [0.29, 0.717) is 19.0 Å². The fraction of sp³-hybridized carbons (Fsp3) is 0.579. The third-order valence-electron chi connectivity index (χ3n) is 5.23. The molecule has 1 aromatic rings. The van der Waals surface area contributed by atoms with Crippen LogP contribution in [0.1, 0.15) is 32.1 Å². The van der Waals surface area contributed by atoms with Gasteiger partial charge in [-0.25, -0.2) is 4.79 Å². The zero-order valence-electron chi connectivity index (χ0n) is 15.0. The SMILES string of the molecule is CSc1ccccc1NC(=O)N(C)C[C@H]1CC(=O)N(C2CCCC2)C1. The van der Waals surface area contributed by atoms with E-state index >= 15 is 0 Å². The molecule has 0 spiro atoms. The minimum atomic E-state index is -0.117. The largest absolute Gasteiger partial charge is 0.339 e. The third-order valence-corrected chi connectivity index (χ3v) is 6.03. The molecule has 1 aliphatic carbocycles. The van der Waals surface area contributed by atoms with Crippen molar-refractivity contribution in [2.75, 3.05) is 31.7 Å². The molecule has 1 atom stereocenters. The lowest BCUT2D eigenvalue weighted by molar-refractivity contribution is -0.129. The molecule has 6 heteroatoms. The van der Waals surface area contributed by atoms with E-state index in [1.807, 2.05) is 30.5 Å². The molecule has 0 bridgehead atoms. The van der Waals surface area contributed by atoms with Crippen LogP contribution in [0.2, 0.25) is 0 Å². The van der Waals surface area contributed by atoms with Gasteiger partial charge in [-0.05, 0) is 31.2 Å². The molecule has 1 aromatic carbocycles. The Morgan fingerprint density at radius 2 is 2.04 bits per heavy atom. The zero-order chi connectivity index (χ0) is 17.8. The summed E-state index contributed by atoms with van der Waals surface area (Å²) in [6, 6.07) is 8.11. The van der Waals surface area contributed by atoms with Crippen molar-refractivity contribution in [1.29, 1.82) is 0 Å². The summed E-state index contributed by atoms with van der Waals surface area (Å²) in [4.78, 5) is 29.6. The van der Waals surface area contributed by atoms with Gasteiger partial charge in [0.25, 0.3) is 0 Å². The van der Waals surface area contributed by atoms with E-state index in [1.165, 1.54) is 12.8 Å². The molecule has 136 valence electrons. The second kappa shape index (κ2) is 8.13. The average molecular weight is 362 g/mol. The summed E-state index contributed by atoms with van der Waals surface area (Å²) in [5.41, 5.74) is 0.835. The van der Waals surface area contributed by atoms with Gasteiger partial charge >= 0.3 is 6.03 Å². The van der Waals surface area contributed by atoms with E-state index < -0.39 is 0 Å². The van der Waals surface area contributed by atoms with Gasteiger partial charge in [0.1, 0.15) is 0 Å². The maximum atomic E-state index is 12.5. The van der Waals surface area contributed by atoms with Crippen molar-refractivity contribution in [1.82, 2.24) is 9.80 Å². The normalized spacial score (nSPS) is 21.0. The van der Waals surface area contributed by atoms with Crippen LogP contribution in [0.15, 0.2) is 29.2 Å². The van der Waals surface area contributed by atoms with E-state index in [2.05, 4.69) is 10.2 Å². The summed E-state index contributed by atoms with van der Waals surface area (Å²) in [6.07, 6.45) is 7.30. The number of urea groups is 1. The molecular weight excluding hydrogens is 334 g/mol. The summed E-state index contributed by atoms with van der Waals surface area (Å²) < 4.78 is 0. The van der Waals surface area contributed by atoms with E-state index in [-0.39, 0.29) is 17.9 Å². The zero-order valence-corrected chi connectivity index (χ0v) is 15.8. The van der Waals surface area contributed by atoms with Gasteiger partial charge in [-0.3, -0.25) is 4.79 Å². The Hall–Kier alpha value is -1.69. The molecule has 2 aliphatic rings. The number of nitrogens with one attached hydrogen (secondary N) is 1. The van der Waals surface area contributed by atoms with E-state index in [1.54, 1.807) is 23.7 Å². The van der Waals surface area contributed by atoms with Crippen molar-refractivity contribution >= 4 is 29.4 Å². The van der Waals surface area contributed by atoms with Crippen molar-refractivity contribution in [3.8, 4) is 0 Å². The van der Waals surface area contributed by atoms with Crippen LogP contribution < -0.4 is 5.32 Å². The number of carbonyl (C=O) groups excluding carboxylic acids is 2. The summed E-state index contributed by atoms with van der Waals surface area (Å²) in [5.74, 6) is 0.498. The standard InChI is InChI=1S/C19H27N3O2S/c1-21(19(24)20-16-9-5-6-10-17(16)25-2)12-14-11-18(23)22(13-14)15-7-3-4-8-15/h5-6,9-10,14-15H,3-4,7-8,11-13H2,1-2H3,(H,20,24)/t14-/m1/s1.